The maximum absolute atomic E-state index is 13.0. The van der Waals surface area contributed by atoms with Crippen LogP contribution in [-0.2, 0) is 13.6 Å². The standard InChI is InChI=1S/C17H25N5O3/c1-6-10(2)21-11(3)12(4)22-13-14(18-16(21)22)19(5)17(25)20(15(13)24)8-7-9-23/h10,23H,6-9H2,1-5H3/t10-/m1/s1. The first-order valence-corrected chi connectivity index (χ1v) is 8.65. The van der Waals surface area contributed by atoms with Crippen molar-refractivity contribution in [1.29, 1.82) is 0 Å². The highest BCUT2D eigenvalue weighted by Gasteiger charge is 2.23. The van der Waals surface area contributed by atoms with E-state index in [-0.39, 0.29) is 24.8 Å². The Labute approximate surface area is 144 Å². The highest BCUT2D eigenvalue weighted by atomic mass is 16.3. The molecule has 8 nitrogen and oxygen atoms in total. The van der Waals surface area contributed by atoms with E-state index >= 15 is 0 Å². The van der Waals surface area contributed by atoms with E-state index in [9.17, 15) is 9.59 Å². The van der Waals surface area contributed by atoms with Crippen LogP contribution in [0.4, 0.5) is 0 Å². The van der Waals surface area contributed by atoms with Gasteiger partial charge in [-0.15, -0.1) is 0 Å². The molecule has 0 fully saturated rings. The van der Waals surface area contributed by atoms with Crippen LogP contribution in [0.25, 0.3) is 16.9 Å². The van der Waals surface area contributed by atoms with Gasteiger partial charge in [0.15, 0.2) is 11.2 Å². The van der Waals surface area contributed by atoms with Gasteiger partial charge in [-0.2, -0.15) is 4.98 Å². The topological polar surface area (TPSA) is 86.5 Å². The van der Waals surface area contributed by atoms with E-state index in [0.29, 0.717) is 23.4 Å². The van der Waals surface area contributed by atoms with Crippen molar-refractivity contribution in [3.8, 4) is 0 Å². The van der Waals surface area contributed by atoms with E-state index in [4.69, 9.17) is 5.11 Å². The second-order valence-corrected chi connectivity index (χ2v) is 6.59. The zero-order chi connectivity index (χ0) is 18.5. The van der Waals surface area contributed by atoms with Gasteiger partial charge >= 0.3 is 5.69 Å². The van der Waals surface area contributed by atoms with E-state index in [0.717, 1.165) is 17.8 Å². The predicted octanol–water partition coefficient (Wildman–Crippen LogP) is 1.12. The number of aromatic nitrogens is 5. The van der Waals surface area contributed by atoms with Crippen molar-refractivity contribution in [2.75, 3.05) is 6.61 Å². The lowest BCUT2D eigenvalue weighted by atomic mass is 10.2. The average molecular weight is 347 g/mol. The third kappa shape index (κ3) is 2.35. The summed E-state index contributed by atoms with van der Waals surface area (Å²) in [5.74, 6) is 0.686. The fourth-order valence-electron chi connectivity index (χ4n) is 3.41. The Hall–Kier alpha value is -2.35. The molecular formula is C17H25N5O3. The minimum absolute atomic E-state index is 0.0715. The van der Waals surface area contributed by atoms with Crippen molar-refractivity contribution >= 4 is 16.9 Å². The number of imidazole rings is 2. The molecule has 3 heterocycles. The highest BCUT2D eigenvalue weighted by molar-refractivity contribution is 5.76. The van der Waals surface area contributed by atoms with Crippen molar-refractivity contribution in [2.45, 2.75) is 53.1 Å². The first-order valence-electron chi connectivity index (χ1n) is 8.65. The minimum atomic E-state index is -0.406. The summed E-state index contributed by atoms with van der Waals surface area (Å²) in [6.45, 7) is 8.33. The molecule has 25 heavy (non-hydrogen) atoms. The monoisotopic (exact) mass is 347 g/mol. The van der Waals surface area contributed by atoms with Crippen molar-refractivity contribution in [2.24, 2.45) is 7.05 Å². The number of aryl methyl sites for hydroxylation is 2. The lowest BCUT2D eigenvalue weighted by Crippen LogP contribution is -2.39. The molecule has 0 bridgehead atoms. The van der Waals surface area contributed by atoms with Crippen LogP contribution in [0.2, 0.25) is 0 Å². The molecular weight excluding hydrogens is 322 g/mol. The molecule has 0 aromatic carbocycles. The van der Waals surface area contributed by atoms with Gasteiger partial charge in [0.2, 0.25) is 5.78 Å². The Morgan fingerprint density at radius 2 is 1.88 bits per heavy atom. The van der Waals surface area contributed by atoms with Gasteiger partial charge in [-0.25, -0.2) is 4.79 Å². The Kier molecular flexibility index (Phi) is 4.32. The van der Waals surface area contributed by atoms with Crippen LogP contribution in [0.5, 0.6) is 0 Å². The molecule has 0 saturated heterocycles. The molecule has 3 aromatic rings. The van der Waals surface area contributed by atoms with E-state index in [1.165, 1.54) is 9.13 Å². The summed E-state index contributed by atoms with van der Waals surface area (Å²) in [7, 11) is 1.63. The van der Waals surface area contributed by atoms with Crippen LogP contribution in [0.3, 0.4) is 0 Å². The van der Waals surface area contributed by atoms with Gasteiger partial charge in [0.05, 0.1) is 0 Å². The Morgan fingerprint density at radius 3 is 2.48 bits per heavy atom. The summed E-state index contributed by atoms with van der Waals surface area (Å²) in [4.78, 5) is 30.2. The Balaban J connectivity index is 2.49. The van der Waals surface area contributed by atoms with E-state index < -0.39 is 5.69 Å². The number of rotatable bonds is 5. The molecule has 8 heteroatoms. The number of aliphatic hydroxyl groups is 1. The molecule has 136 valence electrons. The molecule has 0 aliphatic carbocycles. The Bertz CT molecular complexity index is 1070. The van der Waals surface area contributed by atoms with Crippen LogP contribution in [0, 0.1) is 13.8 Å². The smallest absolute Gasteiger partial charge is 0.332 e. The summed E-state index contributed by atoms with van der Waals surface area (Å²) < 4.78 is 6.57. The van der Waals surface area contributed by atoms with Crippen LogP contribution >= 0.6 is 0 Å². The maximum Gasteiger partial charge on any atom is 0.332 e. The lowest BCUT2D eigenvalue weighted by Gasteiger charge is -2.13. The van der Waals surface area contributed by atoms with Gasteiger partial charge in [0, 0.05) is 37.6 Å². The first-order chi connectivity index (χ1) is 11.8. The van der Waals surface area contributed by atoms with Crippen LogP contribution in [0.1, 0.15) is 44.1 Å². The van der Waals surface area contributed by atoms with Crippen molar-refractivity contribution in [3.63, 3.8) is 0 Å². The van der Waals surface area contributed by atoms with Crippen LogP contribution in [-0.4, -0.2) is 34.8 Å². The fourth-order valence-corrected chi connectivity index (χ4v) is 3.41. The third-order valence-electron chi connectivity index (χ3n) is 5.13. The normalized spacial score (nSPS) is 13.2. The van der Waals surface area contributed by atoms with E-state index in [1.54, 1.807) is 7.05 Å². The summed E-state index contributed by atoms with van der Waals surface area (Å²) in [6.07, 6.45) is 1.29. The fraction of sp³-hybridized carbons (Fsp3) is 0.588. The third-order valence-corrected chi connectivity index (χ3v) is 5.13. The van der Waals surface area contributed by atoms with Gasteiger partial charge in [0.25, 0.3) is 5.56 Å². The zero-order valence-corrected chi connectivity index (χ0v) is 15.4. The van der Waals surface area contributed by atoms with Crippen molar-refractivity contribution in [1.82, 2.24) is 23.1 Å². The number of hydrogen-bond donors (Lipinski definition) is 1. The molecule has 0 unspecified atom stereocenters. The molecule has 0 radical (unpaired) electrons. The van der Waals surface area contributed by atoms with E-state index in [2.05, 4.69) is 23.4 Å². The molecule has 0 saturated carbocycles. The number of nitrogens with zero attached hydrogens (tertiary/aromatic N) is 5. The molecule has 0 spiro atoms. The molecule has 3 aromatic heterocycles. The molecule has 1 N–H and O–H groups in total. The van der Waals surface area contributed by atoms with Gasteiger partial charge < -0.3 is 9.67 Å². The molecule has 0 aliphatic heterocycles. The van der Waals surface area contributed by atoms with Crippen LogP contribution < -0.4 is 11.2 Å². The van der Waals surface area contributed by atoms with Gasteiger partial charge in [-0.05, 0) is 33.6 Å². The number of aliphatic hydroxyl groups excluding tert-OH is 1. The minimum Gasteiger partial charge on any atom is -0.396 e. The van der Waals surface area contributed by atoms with Gasteiger partial charge in [-0.1, -0.05) is 6.92 Å². The highest BCUT2D eigenvalue weighted by Crippen LogP contribution is 2.25. The maximum atomic E-state index is 13.0. The molecule has 3 rings (SSSR count). The predicted molar refractivity (Wildman–Crippen MR) is 96.4 cm³/mol. The summed E-state index contributed by atoms with van der Waals surface area (Å²) in [5, 5.41) is 9.05. The second-order valence-electron chi connectivity index (χ2n) is 6.59. The Morgan fingerprint density at radius 1 is 1.20 bits per heavy atom. The quantitative estimate of drug-likeness (QED) is 0.749. The summed E-state index contributed by atoms with van der Waals surface area (Å²) in [6, 6.07) is 0.238. The van der Waals surface area contributed by atoms with Gasteiger partial charge in [0.1, 0.15) is 0 Å². The van der Waals surface area contributed by atoms with Crippen LogP contribution in [0.15, 0.2) is 9.59 Å². The van der Waals surface area contributed by atoms with Crippen molar-refractivity contribution < 1.29 is 5.11 Å². The first kappa shape index (κ1) is 17.5. The largest absolute Gasteiger partial charge is 0.396 e. The summed E-state index contributed by atoms with van der Waals surface area (Å²) >= 11 is 0. The van der Waals surface area contributed by atoms with Crippen molar-refractivity contribution in [3.05, 3.63) is 32.2 Å². The number of fused-ring (bicyclic) bond motifs is 3. The molecule has 0 aliphatic rings. The second kappa shape index (κ2) is 6.18. The SMILES string of the molecule is CC[C@@H](C)n1c(C)c(C)n2c3c(=O)n(CCCO)c(=O)n(C)c3nc12. The van der Waals surface area contributed by atoms with E-state index in [1.807, 2.05) is 18.2 Å². The molecule has 1 atom stereocenters. The lowest BCUT2D eigenvalue weighted by molar-refractivity contribution is 0.277. The molecule has 0 amide bonds. The number of hydrogen-bond acceptors (Lipinski definition) is 4. The van der Waals surface area contributed by atoms with Gasteiger partial charge in [-0.3, -0.25) is 18.3 Å². The summed E-state index contributed by atoms with van der Waals surface area (Å²) in [5.41, 5.74) is 2.05. The zero-order valence-electron chi connectivity index (χ0n) is 15.4. The average Bonchev–Trinajstić information content (AvgIpc) is 3.09.